The van der Waals surface area contributed by atoms with Crippen LogP contribution in [0.2, 0.25) is 0 Å². The topological polar surface area (TPSA) is 70.3 Å². The SMILES string of the molecule is COc1c(C#N)cc2c(c1C(=O)O)CCCC2. The van der Waals surface area contributed by atoms with Crippen molar-refractivity contribution in [2.24, 2.45) is 0 Å². The maximum absolute atomic E-state index is 11.3. The molecule has 0 atom stereocenters. The molecular weight excluding hydrogens is 218 g/mol. The molecule has 0 bridgehead atoms. The Morgan fingerprint density at radius 3 is 2.76 bits per heavy atom. The van der Waals surface area contributed by atoms with E-state index in [1.807, 2.05) is 6.07 Å². The Morgan fingerprint density at radius 1 is 1.47 bits per heavy atom. The van der Waals surface area contributed by atoms with E-state index in [2.05, 4.69) is 0 Å². The van der Waals surface area contributed by atoms with Crippen LogP contribution < -0.4 is 4.74 Å². The Kier molecular flexibility index (Phi) is 3.01. The zero-order chi connectivity index (χ0) is 12.4. The number of fused-ring (bicyclic) bond motifs is 1. The van der Waals surface area contributed by atoms with Crippen LogP contribution in [-0.4, -0.2) is 18.2 Å². The molecular formula is C13H13NO3. The third-order valence-corrected chi connectivity index (χ3v) is 3.14. The van der Waals surface area contributed by atoms with Crippen LogP contribution in [0.5, 0.6) is 5.75 Å². The number of carbonyl (C=O) groups is 1. The van der Waals surface area contributed by atoms with E-state index in [4.69, 9.17) is 10.00 Å². The van der Waals surface area contributed by atoms with Gasteiger partial charge in [0, 0.05) is 0 Å². The van der Waals surface area contributed by atoms with E-state index in [1.165, 1.54) is 7.11 Å². The van der Waals surface area contributed by atoms with Crippen molar-refractivity contribution in [3.8, 4) is 11.8 Å². The van der Waals surface area contributed by atoms with Gasteiger partial charge in [-0.1, -0.05) is 0 Å². The molecule has 88 valence electrons. The Bertz CT molecular complexity index is 514. The van der Waals surface area contributed by atoms with Crippen molar-refractivity contribution in [1.29, 1.82) is 5.26 Å². The summed E-state index contributed by atoms with van der Waals surface area (Å²) < 4.78 is 5.09. The number of methoxy groups -OCH3 is 1. The van der Waals surface area contributed by atoms with Gasteiger partial charge in [-0.15, -0.1) is 0 Å². The maximum atomic E-state index is 11.3. The molecule has 1 aliphatic carbocycles. The van der Waals surface area contributed by atoms with Gasteiger partial charge >= 0.3 is 5.97 Å². The molecule has 2 rings (SSSR count). The van der Waals surface area contributed by atoms with Gasteiger partial charge < -0.3 is 9.84 Å². The predicted octanol–water partition coefficient (Wildman–Crippen LogP) is 2.14. The number of nitriles is 1. The summed E-state index contributed by atoms with van der Waals surface area (Å²) in [5, 5.41) is 18.3. The lowest BCUT2D eigenvalue weighted by molar-refractivity contribution is 0.0691. The summed E-state index contributed by atoms with van der Waals surface area (Å²) in [7, 11) is 1.40. The minimum absolute atomic E-state index is 0.168. The second-order valence-corrected chi connectivity index (χ2v) is 4.09. The average Bonchev–Trinajstić information content (AvgIpc) is 2.35. The number of ether oxygens (including phenoxy) is 1. The van der Waals surface area contributed by atoms with Crippen LogP contribution in [0.1, 0.15) is 39.9 Å². The highest BCUT2D eigenvalue weighted by atomic mass is 16.5. The van der Waals surface area contributed by atoms with Crippen molar-refractivity contribution in [3.05, 3.63) is 28.3 Å². The third kappa shape index (κ3) is 1.84. The maximum Gasteiger partial charge on any atom is 0.339 e. The number of benzene rings is 1. The highest BCUT2D eigenvalue weighted by Crippen LogP contribution is 2.34. The minimum atomic E-state index is -1.02. The molecule has 0 spiro atoms. The fraction of sp³-hybridized carbons (Fsp3) is 0.385. The number of rotatable bonds is 2. The quantitative estimate of drug-likeness (QED) is 0.846. The first-order chi connectivity index (χ1) is 8.19. The van der Waals surface area contributed by atoms with Gasteiger partial charge in [0.15, 0.2) is 5.75 Å². The van der Waals surface area contributed by atoms with Crippen LogP contribution in [0, 0.1) is 11.3 Å². The number of carboxylic acid groups (broad SMARTS) is 1. The second kappa shape index (κ2) is 4.46. The fourth-order valence-corrected chi connectivity index (χ4v) is 2.41. The lowest BCUT2D eigenvalue weighted by Crippen LogP contribution is -2.13. The molecule has 0 aromatic heterocycles. The highest BCUT2D eigenvalue weighted by Gasteiger charge is 2.24. The van der Waals surface area contributed by atoms with E-state index in [0.29, 0.717) is 5.56 Å². The average molecular weight is 231 g/mol. The number of aryl methyl sites for hydroxylation is 1. The van der Waals surface area contributed by atoms with Gasteiger partial charge in [-0.05, 0) is 42.9 Å². The van der Waals surface area contributed by atoms with E-state index in [1.54, 1.807) is 6.07 Å². The molecule has 0 saturated carbocycles. The fourth-order valence-electron chi connectivity index (χ4n) is 2.41. The van der Waals surface area contributed by atoms with Gasteiger partial charge in [-0.2, -0.15) is 5.26 Å². The molecule has 0 fully saturated rings. The van der Waals surface area contributed by atoms with Gasteiger partial charge in [0.2, 0.25) is 0 Å². The summed E-state index contributed by atoms with van der Waals surface area (Å²) in [6.45, 7) is 0. The standard InChI is InChI=1S/C13H13NO3/c1-17-12-9(7-14)6-8-4-2-3-5-10(8)11(12)13(15)16/h6H,2-5H2,1H3,(H,15,16). The Hall–Kier alpha value is -2.02. The van der Waals surface area contributed by atoms with Gasteiger partial charge in [0.25, 0.3) is 0 Å². The number of hydrogen-bond donors (Lipinski definition) is 1. The number of hydrogen-bond acceptors (Lipinski definition) is 3. The summed E-state index contributed by atoms with van der Waals surface area (Å²) in [4.78, 5) is 11.3. The first-order valence-corrected chi connectivity index (χ1v) is 5.55. The van der Waals surface area contributed by atoms with Gasteiger partial charge in [-0.3, -0.25) is 0 Å². The zero-order valence-electron chi connectivity index (χ0n) is 9.62. The summed E-state index contributed by atoms with van der Waals surface area (Å²) >= 11 is 0. The lowest BCUT2D eigenvalue weighted by atomic mass is 9.86. The van der Waals surface area contributed by atoms with Gasteiger partial charge in [-0.25, -0.2) is 4.79 Å². The van der Waals surface area contributed by atoms with E-state index >= 15 is 0 Å². The Balaban J connectivity index is 2.75. The van der Waals surface area contributed by atoms with Crippen LogP contribution in [0.15, 0.2) is 6.07 Å². The summed E-state index contributed by atoms with van der Waals surface area (Å²) in [6.07, 6.45) is 3.62. The molecule has 1 aliphatic rings. The molecule has 0 unspecified atom stereocenters. The molecule has 1 aromatic carbocycles. The van der Waals surface area contributed by atoms with Gasteiger partial charge in [0.05, 0.1) is 12.7 Å². The van der Waals surface area contributed by atoms with E-state index < -0.39 is 5.97 Å². The number of nitrogens with zero attached hydrogens (tertiary/aromatic N) is 1. The molecule has 0 saturated heterocycles. The number of carboxylic acids is 1. The van der Waals surface area contributed by atoms with Crippen molar-refractivity contribution in [3.63, 3.8) is 0 Å². The van der Waals surface area contributed by atoms with Crippen LogP contribution in [0.25, 0.3) is 0 Å². The van der Waals surface area contributed by atoms with E-state index in [9.17, 15) is 9.90 Å². The minimum Gasteiger partial charge on any atom is -0.494 e. The molecule has 4 nitrogen and oxygen atoms in total. The van der Waals surface area contributed by atoms with Crippen molar-refractivity contribution in [2.45, 2.75) is 25.7 Å². The van der Waals surface area contributed by atoms with Crippen molar-refractivity contribution in [2.75, 3.05) is 7.11 Å². The van der Waals surface area contributed by atoms with Gasteiger partial charge in [0.1, 0.15) is 11.6 Å². The first kappa shape index (κ1) is 11.5. The van der Waals surface area contributed by atoms with Crippen LogP contribution >= 0.6 is 0 Å². The summed E-state index contributed by atoms with van der Waals surface area (Å²) in [5.74, 6) is -0.822. The van der Waals surface area contributed by atoms with Crippen LogP contribution in [0.3, 0.4) is 0 Å². The normalized spacial score (nSPS) is 13.6. The lowest BCUT2D eigenvalue weighted by Gasteiger charge is -2.20. The Morgan fingerprint density at radius 2 is 2.18 bits per heavy atom. The van der Waals surface area contributed by atoms with Crippen molar-refractivity contribution >= 4 is 5.97 Å². The smallest absolute Gasteiger partial charge is 0.339 e. The molecule has 1 N–H and O–H groups in total. The van der Waals surface area contributed by atoms with Crippen molar-refractivity contribution in [1.82, 2.24) is 0 Å². The molecule has 17 heavy (non-hydrogen) atoms. The highest BCUT2D eigenvalue weighted by molar-refractivity contribution is 5.94. The molecule has 0 aliphatic heterocycles. The molecule has 0 radical (unpaired) electrons. The predicted molar refractivity (Wildman–Crippen MR) is 61.3 cm³/mol. The molecule has 4 heteroatoms. The Labute approximate surface area is 99.4 Å². The molecule has 0 amide bonds. The number of aromatic carboxylic acids is 1. The zero-order valence-corrected chi connectivity index (χ0v) is 9.62. The second-order valence-electron chi connectivity index (χ2n) is 4.09. The summed E-state index contributed by atoms with van der Waals surface area (Å²) in [6, 6.07) is 3.77. The molecule has 0 heterocycles. The van der Waals surface area contributed by atoms with Crippen LogP contribution in [0.4, 0.5) is 0 Å². The van der Waals surface area contributed by atoms with Crippen molar-refractivity contribution < 1.29 is 14.6 Å². The first-order valence-electron chi connectivity index (χ1n) is 5.55. The largest absolute Gasteiger partial charge is 0.494 e. The monoisotopic (exact) mass is 231 g/mol. The summed E-state index contributed by atoms with van der Waals surface area (Å²) in [5.41, 5.74) is 2.29. The van der Waals surface area contributed by atoms with Crippen LogP contribution in [-0.2, 0) is 12.8 Å². The van der Waals surface area contributed by atoms with E-state index in [-0.39, 0.29) is 11.3 Å². The third-order valence-electron chi connectivity index (χ3n) is 3.14. The molecule has 1 aromatic rings. The van der Waals surface area contributed by atoms with E-state index in [0.717, 1.165) is 36.8 Å².